The Morgan fingerprint density at radius 1 is 1.30 bits per heavy atom. The fourth-order valence-electron chi connectivity index (χ4n) is 3.08. The third-order valence-corrected chi connectivity index (χ3v) is 4.59. The predicted octanol–water partition coefficient (Wildman–Crippen LogP) is 3.90. The number of fused-ring (bicyclic) bond motifs is 2. The number of para-hydroxylation sites is 2. The summed E-state index contributed by atoms with van der Waals surface area (Å²) in [4.78, 5) is 19.5. The van der Waals surface area contributed by atoms with Crippen LogP contribution in [-0.4, -0.2) is 34.8 Å². The Balaban J connectivity index is 1.46. The lowest BCUT2D eigenvalue weighted by atomic mass is 10.1. The summed E-state index contributed by atoms with van der Waals surface area (Å²) < 4.78 is 15.7. The number of hydrogen-bond donors (Lipinski definition) is 2. The van der Waals surface area contributed by atoms with Crippen molar-refractivity contribution >= 4 is 33.5 Å². The Labute approximate surface area is 171 Å². The third-order valence-electron chi connectivity index (χ3n) is 4.59. The van der Waals surface area contributed by atoms with Crippen LogP contribution in [0.25, 0.3) is 27.6 Å². The lowest BCUT2D eigenvalue weighted by Crippen LogP contribution is -2.11. The van der Waals surface area contributed by atoms with E-state index >= 15 is 0 Å². The number of aliphatic hydroxyl groups is 1. The highest BCUT2D eigenvalue weighted by molar-refractivity contribution is 5.87. The minimum absolute atomic E-state index is 0.0425. The minimum atomic E-state index is -0.568. The van der Waals surface area contributed by atoms with E-state index in [-0.39, 0.29) is 23.6 Å². The van der Waals surface area contributed by atoms with Crippen LogP contribution in [0.2, 0.25) is 0 Å². The van der Waals surface area contributed by atoms with Crippen LogP contribution in [-0.2, 0) is 16.0 Å². The van der Waals surface area contributed by atoms with Gasteiger partial charge in [0.05, 0.1) is 30.8 Å². The van der Waals surface area contributed by atoms with Crippen LogP contribution in [0.4, 0.5) is 0 Å². The molecule has 0 aliphatic heterocycles. The van der Waals surface area contributed by atoms with E-state index in [1.54, 1.807) is 31.4 Å². The second-order valence-electron chi connectivity index (χ2n) is 6.50. The summed E-state index contributed by atoms with van der Waals surface area (Å²) in [6.07, 6.45) is 1.44. The maximum atomic E-state index is 12.2. The molecule has 0 spiro atoms. The quantitative estimate of drug-likeness (QED) is 0.284. The molecule has 0 amide bonds. The summed E-state index contributed by atoms with van der Waals surface area (Å²) in [6, 6.07) is 14.4. The largest absolute Gasteiger partial charge is 0.507 e. The first-order valence-corrected chi connectivity index (χ1v) is 9.06. The number of rotatable bonds is 6. The van der Waals surface area contributed by atoms with Gasteiger partial charge in [0.2, 0.25) is 0 Å². The SMILES string of the molecule is COc1ccc2c(CC(=O)OCC(O)=C(C#N)c3nc4ccccc4[nH]3)coc2c1. The number of nitrogens with zero attached hydrogens (tertiary/aromatic N) is 2. The molecule has 0 fully saturated rings. The van der Waals surface area contributed by atoms with Crippen LogP contribution in [0.1, 0.15) is 11.4 Å². The maximum absolute atomic E-state index is 12.2. The van der Waals surface area contributed by atoms with Gasteiger partial charge >= 0.3 is 5.97 Å². The van der Waals surface area contributed by atoms with Crippen molar-refractivity contribution in [1.29, 1.82) is 5.26 Å². The van der Waals surface area contributed by atoms with Crippen molar-refractivity contribution in [3.8, 4) is 11.8 Å². The van der Waals surface area contributed by atoms with Crippen molar-refractivity contribution in [2.24, 2.45) is 0 Å². The van der Waals surface area contributed by atoms with E-state index in [2.05, 4.69) is 9.97 Å². The van der Waals surface area contributed by atoms with E-state index in [1.807, 2.05) is 24.3 Å². The van der Waals surface area contributed by atoms with E-state index in [4.69, 9.17) is 13.9 Å². The molecule has 4 aromatic rings. The van der Waals surface area contributed by atoms with Gasteiger partial charge in [-0.3, -0.25) is 4.79 Å². The van der Waals surface area contributed by atoms with Crippen molar-refractivity contribution in [3.05, 3.63) is 65.9 Å². The van der Waals surface area contributed by atoms with Gasteiger partial charge in [-0.1, -0.05) is 12.1 Å². The number of nitrogens with one attached hydrogen (secondary N) is 1. The van der Waals surface area contributed by atoms with E-state index in [9.17, 15) is 15.2 Å². The van der Waals surface area contributed by atoms with Gasteiger partial charge < -0.3 is 24.0 Å². The summed E-state index contributed by atoms with van der Waals surface area (Å²) >= 11 is 0. The first-order valence-electron chi connectivity index (χ1n) is 9.06. The molecule has 30 heavy (non-hydrogen) atoms. The Kier molecular flexibility index (Phi) is 5.09. The summed E-state index contributed by atoms with van der Waals surface area (Å²) in [5.74, 6) is -0.0914. The maximum Gasteiger partial charge on any atom is 0.310 e. The van der Waals surface area contributed by atoms with Crippen molar-refractivity contribution in [2.45, 2.75) is 6.42 Å². The number of H-pyrrole nitrogens is 1. The molecule has 2 N–H and O–H groups in total. The molecule has 2 heterocycles. The lowest BCUT2D eigenvalue weighted by Gasteiger charge is -2.05. The van der Waals surface area contributed by atoms with Gasteiger partial charge in [-0.05, 0) is 24.3 Å². The molecule has 0 saturated heterocycles. The zero-order chi connectivity index (χ0) is 21.1. The number of carbonyl (C=O) groups excluding carboxylic acids is 1. The Bertz CT molecular complexity index is 1280. The highest BCUT2D eigenvalue weighted by Gasteiger charge is 2.16. The molecule has 0 unspecified atom stereocenters. The number of hydrogen-bond acceptors (Lipinski definition) is 7. The number of aliphatic hydroxyl groups excluding tert-OH is 1. The van der Waals surface area contributed by atoms with Crippen molar-refractivity contribution in [1.82, 2.24) is 9.97 Å². The van der Waals surface area contributed by atoms with Gasteiger partial charge in [0, 0.05) is 17.0 Å². The number of esters is 1. The lowest BCUT2D eigenvalue weighted by molar-refractivity contribution is -0.142. The summed E-state index contributed by atoms with van der Waals surface area (Å²) in [5, 5.41) is 20.5. The van der Waals surface area contributed by atoms with Crippen LogP contribution in [0, 0.1) is 11.3 Å². The Morgan fingerprint density at radius 2 is 2.13 bits per heavy atom. The minimum Gasteiger partial charge on any atom is -0.507 e. The molecule has 4 rings (SSSR count). The second kappa shape index (κ2) is 8.01. The van der Waals surface area contributed by atoms with Crippen LogP contribution in [0.5, 0.6) is 5.75 Å². The molecule has 150 valence electrons. The third kappa shape index (κ3) is 3.69. The number of carbonyl (C=O) groups is 1. The number of aromatic amines is 1. The van der Waals surface area contributed by atoms with E-state index in [1.165, 1.54) is 6.26 Å². The highest BCUT2D eigenvalue weighted by Crippen LogP contribution is 2.26. The average Bonchev–Trinajstić information content (AvgIpc) is 3.36. The fourth-order valence-corrected chi connectivity index (χ4v) is 3.08. The molecule has 0 aliphatic rings. The van der Waals surface area contributed by atoms with Crippen LogP contribution >= 0.6 is 0 Å². The Hall–Kier alpha value is -4.25. The number of furan rings is 1. The van der Waals surface area contributed by atoms with E-state index in [0.29, 0.717) is 22.4 Å². The molecular weight excluding hydrogens is 386 g/mol. The van der Waals surface area contributed by atoms with Crippen LogP contribution in [0.3, 0.4) is 0 Å². The summed E-state index contributed by atoms with van der Waals surface area (Å²) in [6.45, 7) is -0.442. The summed E-state index contributed by atoms with van der Waals surface area (Å²) in [5.41, 5.74) is 2.55. The van der Waals surface area contributed by atoms with Gasteiger partial charge in [0.25, 0.3) is 0 Å². The van der Waals surface area contributed by atoms with Gasteiger partial charge in [0.1, 0.15) is 29.6 Å². The van der Waals surface area contributed by atoms with Gasteiger partial charge in [0.15, 0.2) is 11.6 Å². The molecule has 0 radical (unpaired) electrons. The zero-order valence-corrected chi connectivity index (χ0v) is 16.0. The number of nitriles is 1. The van der Waals surface area contributed by atoms with Gasteiger partial charge in [-0.25, -0.2) is 4.98 Å². The predicted molar refractivity (Wildman–Crippen MR) is 109 cm³/mol. The average molecular weight is 403 g/mol. The standard InChI is InChI=1S/C22H17N3O5/c1-28-14-6-7-15-13(11-29-20(15)9-14)8-21(27)30-12-19(26)16(10-23)22-24-17-4-2-3-5-18(17)25-22/h2-7,9,11,26H,8,12H2,1H3,(H,24,25). The molecule has 0 bridgehead atoms. The normalized spacial score (nSPS) is 11.9. The molecule has 0 saturated carbocycles. The Morgan fingerprint density at radius 3 is 2.90 bits per heavy atom. The molecule has 8 heteroatoms. The monoisotopic (exact) mass is 403 g/mol. The van der Waals surface area contributed by atoms with Gasteiger partial charge in [-0.2, -0.15) is 5.26 Å². The first kappa shape index (κ1) is 19.1. The number of benzene rings is 2. The second-order valence-corrected chi connectivity index (χ2v) is 6.50. The number of allylic oxidation sites excluding steroid dienone is 1. The molecule has 2 aromatic carbocycles. The summed E-state index contributed by atoms with van der Waals surface area (Å²) in [7, 11) is 1.56. The highest BCUT2D eigenvalue weighted by atomic mass is 16.5. The van der Waals surface area contributed by atoms with E-state index < -0.39 is 12.6 Å². The molecule has 0 aliphatic carbocycles. The van der Waals surface area contributed by atoms with Crippen molar-refractivity contribution in [2.75, 3.05) is 13.7 Å². The van der Waals surface area contributed by atoms with Crippen LogP contribution < -0.4 is 4.74 Å². The molecule has 2 aromatic heterocycles. The molecule has 0 atom stereocenters. The number of ether oxygens (including phenoxy) is 2. The topological polar surface area (TPSA) is 121 Å². The number of methoxy groups -OCH3 is 1. The van der Waals surface area contributed by atoms with Crippen molar-refractivity contribution < 1.29 is 23.8 Å². The molecular formula is C22H17N3O5. The van der Waals surface area contributed by atoms with Crippen LogP contribution in [0.15, 0.2) is 58.9 Å². The fraction of sp³-hybridized carbons (Fsp3) is 0.136. The molecule has 8 nitrogen and oxygen atoms in total. The van der Waals surface area contributed by atoms with Gasteiger partial charge in [-0.15, -0.1) is 0 Å². The smallest absolute Gasteiger partial charge is 0.310 e. The zero-order valence-electron chi connectivity index (χ0n) is 16.0. The number of aromatic nitrogens is 2. The van der Waals surface area contributed by atoms with Crippen molar-refractivity contribution in [3.63, 3.8) is 0 Å². The number of imidazole rings is 1. The van der Waals surface area contributed by atoms with E-state index in [0.717, 1.165) is 10.9 Å². The first-order chi connectivity index (χ1) is 14.6.